The fourth-order valence-electron chi connectivity index (χ4n) is 2.69. The largest absolute Gasteiger partial charge is 0.495 e. The van der Waals surface area contributed by atoms with E-state index >= 15 is 0 Å². The molecule has 0 fully saturated rings. The Bertz CT molecular complexity index is 1030. The number of hydrogen-bond donors (Lipinski definition) is 3. The Morgan fingerprint density at radius 2 is 1.80 bits per heavy atom. The summed E-state index contributed by atoms with van der Waals surface area (Å²) in [7, 11) is 0.830. The Labute approximate surface area is 182 Å². The predicted octanol–water partition coefficient (Wildman–Crippen LogP) is 3.39. The number of ether oxygens (including phenoxy) is 1. The maximum Gasteiger partial charge on any atom is 0.243 e. The number of sulfonamides is 1. The SMILES string of the molecule is CCNc1ccc(S(=O)(=O)N(C)C)cc1NCC(=O)Nc1cc(C)c(Cl)cc1OC. The molecule has 2 rings (SSSR count). The van der Waals surface area contributed by atoms with Crippen molar-refractivity contribution < 1.29 is 17.9 Å². The smallest absolute Gasteiger partial charge is 0.243 e. The van der Waals surface area contributed by atoms with Crippen molar-refractivity contribution >= 4 is 44.6 Å². The molecule has 0 radical (unpaired) electrons. The van der Waals surface area contributed by atoms with Crippen LogP contribution < -0.4 is 20.7 Å². The molecule has 3 N–H and O–H groups in total. The highest BCUT2D eigenvalue weighted by molar-refractivity contribution is 7.89. The molecule has 0 aliphatic carbocycles. The summed E-state index contributed by atoms with van der Waals surface area (Å²) in [6.45, 7) is 4.32. The fourth-order valence-corrected chi connectivity index (χ4v) is 3.77. The first-order chi connectivity index (χ1) is 14.1. The molecule has 164 valence electrons. The van der Waals surface area contributed by atoms with Gasteiger partial charge in [-0.15, -0.1) is 0 Å². The molecule has 8 nitrogen and oxygen atoms in total. The maximum atomic E-state index is 12.5. The van der Waals surface area contributed by atoms with Crippen LogP contribution in [0.5, 0.6) is 5.75 Å². The van der Waals surface area contributed by atoms with Crippen LogP contribution in [0.25, 0.3) is 0 Å². The lowest BCUT2D eigenvalue weighted by Gasteiger charge is -2.17. The molecule has 1 amide bonds. The molecular weight excluding hydrogens is 428 g/mol. The van der Waals surface area contributed by atoms with Crippen molar-refractivity contribution in [2.45, 2.75) is 18.7 Å². The molecule has 10 heteroatoms. The summed E-state index contributed by atoms with van der Waals surface area (Å²) in [4.78, 5) is 12.6. The number of hydrogen-bond acceptors (Lipinski definition) is 6. The molecule has 0 saturated carbocycles. The van der Waals surface area contributed by atoms with E-state index in [1.54, 1.807) is 18.2 Å². The highest BCUT2D eigenvalue weighted by Crippen LogP contribution is 2.31. The van der Waals surface area contributed by atoms with Crippen LogP contribution in [0.2, 0.25) is 5.02 Å². The van der Waals surface area contributed by atoms with E-state index in [0.717, 1.165) is 9.87 Å². The van der Waals surface area contributed by atoms with E-state index in [2.05, 4.69) is 16.0 Å². The van der Waals surface area contributed by atoms with E-state index in [0.29, 0.717) is 34.4 Å². The van der Waals surface area contributed by atoms with Crippen LogP contribution in [0.4, 0.5) is 17.1 Å². The lowest BCUT2D eigenvalue weighted by atomic mass is 10.2. The number of carbonyl (C=O) groups is 1. The van der Waals surface area contributed by atoms with Crippen molar-refractivity contribution in [1.82, 2.24) is 4.31 Å². The molecule has 0 atom stereocenters. The third-order valence-corrected chi connectivity index (χ3v) is 6.55. The Hall–Kier alpha value is -2.49. The van der Waals surface area contributed by atoms with Crippen LogP contribution in [0, 0.1) is 6.92 Å². The Balaban J connectivity index is 2.21. The lowest BCUT2D eigenvalue weighted by molar-refractivity contribution is -0.114. The van der Waals surface area contributed by atoms with Crippen molar-refractivity contribution in [2.24, 2.45) is 0 Å². The van der Waals surface area contributed by atoms with E-state index in [4.69, 9.17) is 16.3 Å². The summed E-state index contributed by atoms with van der Waals surface area (Å²) in [5.41, 5.74) is 2.51. The van der Waals surface area contributed by atoms with Gasteiger partial charge in [0.2, 0.25) is 15.9 Å². The second-order valence-electron chi connectivity index (χ2n) is 6.73. The van der Waals surface area contributed by atoms with Crippen LogP contribution in [-0.4, -0.2) is 52.9 Å². The van der Waals surface area contributed by atoms with Crippen LogP contribution >= 0.6 is 11.6 Å². The first kappa shape index (κ1) is 23.8. The van der Waals surface area contributed by atoms with Crippen molar-refractivity contribution in [2.75, 3.05) is 50.2 Å². The van der Waals surface area contributed by atoms with Gasteiger partial charge < -0.3 is 20.7 Å². The van der Waals surface area contributed by atoms with Crippen molar-refractivity contribution in [3.8, 4) is 5.75 Å². The standard InChI is InChI=1S/C20H27ClN4O4S/c1-6-22-16-8-7-14(30(27,28)25(3)4)10-17(16)23-12-20(26)24-18-9-13(2)15(21)11-19(18)29-5/h7-11,22-23H,6,12H2,1-5H3,(H,24,26). The van der Waals surface area contributed by atoms with Gasteiger partial charge in [0, 0.05) is 31.7 Å². The van der Waals surface area contributed by atoms with Gasteiger partial charge in [0.1, 0.15) is 5.75 Å². The molecular formula is C20H27ClN4O4S. The molecule has 0 aromatic heterocycles. The van der Waals surface area contributed by atoms with Gasteiger partial charge in [0.25, 0.3) is 0 Å². The van der Waals surface area contributed by atoms with E-state index in [-0.39, 0.29) is 17.3 Å². The number of benzene rings is 2. The molecule has 2 aromatic carbocycles. The number of methoxy groups -OCH3 is 1. The highest BCUT2D eigenvalue weighted by Gasteiger charge is 2.19. The molecule has 0 aliphatic heterocycles. The third-order valence-electron chi connectivity index (χ3n) is 4.33. The fraction of sp³-hybridized carbons (Fsp3) is 0.350. The average Bonchev–Trinajstić information content (AvgIpc) is 2.69. The summed E-state index contributed by atoms with van der Waals surface area (Å²) in [6, 6.07) is 8.07. The van der Waals surface area contributed by atoms with Crippen molar-refractivity contribution in [3.63, 3.8) is 0 Å². The Morgan fingerprint density at radius 3 is 2.40 bits per heavy atom. The van der Waals surface area contributed by atoms with Crippen LogP contribution in [0.3, 0.4) is 0 Å². The average molecular weight is 455 g/mol. The molecule has 0 bridgehead atoms. The van der Waals surface area contributed by atoms with E-state index < -0.39 is 10.0 Å². The monoisotopic (exact) mass is 454 g/mol. The maximum absolute atomic E-state index is 12.5. The quantitative estimate of drug-likeness (QED) is 0.537. The summed E-state index contributed by atoms with van der Waals surface area (Å²) in [6.07, 6.45) is 0. The lowest BCUT2D eigenvalue weighted by Crippen LogP contribution is -2.24. The minimum atomic E-state index is -3.60. The van der Waals surface area contributed by atoms with Gasteiger partial charge in [-0.3, -0.25) is 4.79 Å². The van der Waals surface area contributed by atoms with Gasteiger partial charge in [-0.1, -0.05) is 11.6 Å². The van der Waals surface area contributed by atoms with Crippen LogP contribution in [0.15, 0.2) is 35.2 Å². The van der Waals surface area contributed by atoms with Gasteiger partial charge in [-0.05, 0) is 43.7 Å². The Morgan fingerprint density at radius 1 is 1.10 bits per heavy atom. The highest BCUT2D eigenvalue weighted by atomic mass is 35.5. The summed E-state index contributed by atoms with van der Waals surface area (Å²) >= 11 is 6.10. The number of nitrogens with zero attached hydrogens (tertiary/aromatic N) is 1. The zero-order valence-corrected chi connectivity index (χ0v) is 19.2. The number of anilines is 3. The number of amides is 1. The number of halogens is 1. The van der Waals surface area contributed by atoms with Gasteiger partial charge in [-0.2, -0.15) is 0 Å². The van der Waals surface area contributed by atoms with Gasteiger partial charge >= 0.3 is 0 Å². The van der Waals surface area contributed by atoms with Gasteiger partial charge in [-0.25, -0.2) is 12.7 Å². The zero-order chi connectivity index (χ0) is 22.5. The normalized spacial score (nSPS) is 11.3. The van der Waals surface area contributed by atoms with Gasteiger partial charge in [0.05, 0.1) is 35.6 Å². The molecule has 2 aromatic rings. The predicted molar refractivity (Wildman–Crippen MR) is 121 cm³/mol. The molecule has 0 saturated heterocycles. The third kappa shape index (κ3) is 5.56. The molecule has 0 unspecified atom stereocenters. The minimum absolute atomic E-state index is 0.0747. The molecule has 0 heterocycles. The Kier molecular flexibility index (Phi) is 7.94. The van der Waals surface area contributed by atoms with E-state index in [1.807, 2.05) is 13.8 Å². The number of aryl methyl sites for hydroxylation is 1. The second kappa shape index (κ2) is 10.0. The molecule has 0 spiro atoms. The number of rotatable bonds is 9. The summed E-state index contributed by atoms with van der Waals surface area (Å²) in [5.74, 6) is 0.129. The first-order valence-corrected chi connectivity index (χ1v) is 11.1. The summed E-state index contributed by atoms with van der Waals surface area (Å²) in [5, 5.41) is 9.48. The van der Waals surface area contributed by atoms with Crippen LogP contribution in [-0.2, 0) is 14.8 Å². The first-order valence-electron chi connectivity index (χ1n) is 9.28. The number of nitrogens with one attached hydrogen (secondary N) is 3. The van der Waals surface area contributed by atoms with E-state index in [9.17, 15) is 13.2 Å². The van der Waals surface area contributed by atoms with Crippen LogP contribution in [0.1, 0.15) is 12.5 Å². The van der Waals surface area contributed by atoms with Crippen molar-refractivity contribution in [3.05, 3.63) is 40.9 Å². The van der Waals surface area contributed by atoms with Gasteiger partial charge in [0.15, 0.2) is 0 Å². The number of carbonyl (C=O) groups excluding carboxylic acids is 1. The van der Waals surface area contributed by atoms with Crippen molar-refractivity contribution in [1.29, 1.82) is 0 Å². The second-order valence-corrected chi connectivity index (χ2v) is 9.29. The zero-order valence-electron chi connectivity index (χ0n) is 17.7. The van der Waals surface area contributed by atoms with E-state index in [1.165, 1.54) is 33.3 Å². The summed E-state index contributed by atoms with van der Waals surface area (Å²) < 4.78 is 31.3. The molecule has 0 aliphatic rings. The minimum Gasteiger partial charge on any atom is -0.495 e. The topological polar surface area (TPSA) is 99.8 Å². The molecule has 30 heavy (non-hydrogen) atoms.